The van der Waals surface area contributed by atoms with Crippen LogP contribution in [0, 0.1) is 12.7 Å². The Bertz CT molecular complexity index is 623. The highest BCUT2D eigenvalue weighted by Crippen LogP contribution is 2.21. The first-order chi connectivity index (χ1) is 9.87. The molecule has 1 aromatic carbocycles. The number of benzene rings is 1. The van der Waals surface area contributed by atoms with Gasteiger partial charge in [-0.3, -0.25) is 5.32 Å². The molecule has 6 heteroatoms. The van der Waals surface area contributed by atoms with Crippen molar-refractivity contribution in [1.29, 1.82) is 0 Å². The Morgan fingerprint density at radius 3 is 2.52 bits per heavy atom. The van der Waals surface area contributed by atoms with E-state index < -0.39 is 5.60 Å². The van der Waals surface area contributed by atoms with Gasteiger partial charge >= 0.3 is 6.03 Å². The largest absolute Gasteiger partial charge is 0.384 e. The Morgan fingerprint density at radius 1 is 1.29 bits per heavy atom. The second-order valence-electron chi connectivity index (χ2n) is 5.00. The SMILES string of the molecule is Cc1ccc(NC(=O)NCC(C)(O)c2ccc(F)cc2)s1. The molecule has 112 valence electrons. The van der Waals surface area contributed by atoms with Gasteiger partial charge in [0.25, 0.3) is 0 Å². The molecule has 2 amide bonds. The Morgan fingerprint density at radius 2 is 1.95 bits per heavy atom. The third-order valence-electron chi connectivity index (χ3n) is 3.04. The molecule has 1 unspecified atom stereocenters. The fourth-order valence-electron chi connectivity index (χ4n) is 1.82. The topological polar surface area (TPSA) is 61.4 Å². The lowest BCUT2D eigenvalue weighted by Gasteiger charge is -2.24. The highest BCUT2D eigenvalue weighted by atomic mass is 32.1. The van der Waals surface area contributed by atoms with Crippen LogP contribution in [-0.2, 0) is 5.60 Å². The predicted molar refractivity (Wildman–Crippen MR) is 82.0 cm³/mol. The van der Waals surface area contributed by atoms with E-state index in [1.807, 2.05) is 19.1 Å². The highest BCUT2D eigenvalue weighted by molar-refractivity contribution is 7.16. The average molecular weight is 308 g/mol. The molecule has 0 spiro atoms. The van der Waals surface area contributed by atoms with Crippen molar-refractivity contribution in [3.63, 3.8) is 0 Å². The molecular formula is C15H17FN2O2S. The molecule has 0 aliphatic rings. The van der Waals surface area contributed by atoms with E-state index in [0.29, 0.717) is 5.56 Å². The third-order valence-corrected chi connectivity index (χ3v) is 3.95. The van der Waals surface area contributed by atoms with Crippen molar-refractivity contribution in [3.05, 3.63) is 52.7 Å². The summed E-state index contributed by atoms with van der Waals surface area (Å²) < 4.78 is 12.9. The van der Waals surface area contributed by atoms with Crippen molar-refractivity contribution in [2.75, 3.05) is 11.9 Å². The van der Waals surface area contributed by atoms with Crippen LogP contribution in [0.3, 0.4) is 0 Å². The zero-order valence-corrected chi connectivity index (χ0v) is 12.6. The fourth-order valence-corrected chi connectivity index (χ4v) is 2.58. The van der Waals surface area contributed by atoms with Crippen molar-refractivity contribution in [3.8, 4) is 0 Å². The summed E-state index contributed by atoms with van der Waals surface area (Å²) in [5.74, 6) is -0.367. The molecular weight excluding hydrogens is 291 g/mol. The zero-order valence-electron chi connectivity index (χ0n) is 11.8. The number of thiophene rings is 1. The summed E-state index contributed by atoms with van der Waals surface area (Å²) in [6.07, 6.45) is 0. The summed E-state index contributed by atoms with van der Waals surface area (Å²) in [4.78, 5) is 12.9. The third kappa shape index (κ3) is 4.27. The van der Waals surface area contributed by atoms with E-state index in [-0.39, 0.29) is 18.4 Å². The molecule has 3 N–H and O–H groups in total. The second-order valence-corrected chi connectivity index (χ2v) is 6.29. The van der Waals surface area contributed by atoms with Gasteiger partial charge in [0.1, 0.15) is 11.4 Å². The summed E-state index contributed by atoms with van der Waals surface area (Å²) in [6, 6.07) is 8.89. The zero-order chi connectivity index (χ0) is 15.5. The molecule has 0 saturated heterocycles. The van der Waals surface area contributed by atoms with Gasteiger partial charge in [-0.25, -0.2) is 9.18 Å². The first-order valence-electron chi connectivity index (χ1n) is 6.46. The number of halogens is 1. The molecule has 0 fully saturated rings. The number of aryl methyl sites for hydroxylation is 1. The number of hydrogen-bond acceptors (Lipinski definition) is 3. The number of aliphatic hydroxyl groups is 1. The summed E-state index contributed by atoms with van der Waals surface area (Å²) in [5.41, 5.74) is -0.729. The van der Waals surface area contributed by atoms with Crippen LogP contribution >= 0.6 is 11.3 Å². The minimum Gasteiger partial charge on any atom is -0.384 e. The number of amides is 2. The van der Waals surface area contributed by atoms with Crippen molar-refractivity contribution < 1.29 is 14.3 Å². The van der Waals surface area contributed by atoms with Gasteiger partial charge in [0.05, 0.1) is 11.5 Å². The molecule has 0 saturated carbocycles. The Balaban J connectivity index is 1.91. The highest BCUT2D eigenvalue weighted by Gasteiger charge is 2.23. The van der Waals surface area contributed by atoms with Crippen LogP contribution in [0.4, 0.5) is 14.2 Å². The summed E-state index contributed by atoms with van der Waals surface area (Å²) >= 11 is 1.47. The van der Waals surface area contributed by atoms with Gasteiger partial charge in [-0.2, -0.15) is 0 Å². The Kier molecular flexibility index (Phi) is 4.59. The van der Waals surface area contributed by atoms with E-state index in [4.69, 9.17) is 0 Å². The summed E-state index contributed by atoms with van der Waals surface area (Å²) in [7, 11) is 0. The lowest BCUT2D eigenvalue weighted by atomic mass is 9.96. The van der Waals surface area contributed by atoms with E-state index in [1.54, 1.807) is 6.92 Å². The number of urea groups is 1. The molecule has 2 rings (SSSR count). The second kappa shape index (κ2) is 6.24. The van der Waals surface area contributed by atoms with Gasteiger partial charge in [0, 0.05) is 4.88 Å². The molecule has 1 heterocycles. The van der Waals surface area contributed by atoms with Crippen LogP contribution in [-0.4, -0.2) is 17.7 Å². The minimum absolute atomic E-state index is 0.0226. The normalized spacial score (nSPS) is 13.5. The van der Waals surface area contributed by atoms with E-state index in [2.05, 4.69) is 10.6 Å². The van der Waals surface area contributed by atoms with E-state index in [1.165, 1.54) is 35.6 Å². The van der Waals surface area contributed by atoms with Crippen molar-refractivity contribution in [2.24, 2.45) is 0 Å². The maximum absolute atomic E-state index is 12.9. The van der Waals surface area contributed by atoms with Gasteiger partial charge in [0.15, 0.2) is 0 Å². The first-order valence-corrected chi connectivity index (χ1v) is 7.28. The maximum Gasteiger partial charge on any atom is 0.319 e. The molecule has 0 aliphatic heterocycles. The lowest BCUT2D eigenvalue weighted by Crippen LogP contribution is -2.40. The summed E-state index contributed by atoms with van der Waals surface area (Å²) in [5, 5.41) is 16.4. The molecule has 1 atom stereocenters. The number of carbonyl (C=O) groups excluding carboxylic acids is 1. The van der Waals surface area contributed by atoms with Crippen LogP contribution in [0.1, 0.15) is 17.4 Å². The monoisotopic (exact) mass is 308 g/mol. The van der Waals surface area contributed by atoms with Crippen LogP contribution in [0.5, 0.6) is 0 Å². The molecule has 4 nitrogen and oxygen atoms in total. The molecule has 1 aromatic heterocycles. The van der Waals surface area contributed by atoms with Crippen LogP contribution in [0.25, 0.3) is 0 Å². The number of rotatable bonds is 4. The number of hydrogen-bond donors (Lipinski definition) is 3. The molecule has 21 heavy (non-hydrogen) atoms. The quantitative estimate of drug-likeness (QED) is 0.812. The van der Waals surface area contributed by atoms with Gasteiger partial charge in [-0.15, -0.1) is 11.3 Å². The Labute approximate surface area is 126 Å². The van der Waals surface area contributed by atoms with Gasteiger partial charge in [-0.1, -0.05) is 12.1 Å². The number of anilines is 1. The van der Waals surface area contributed by atoms with Crippen LogP contribution < -0.4 is 10.6 Å². The van der Waals surface area contributed by atoms with E-state index in [0.717, 1.165) is 9.88 Å². The fraction of sp³-hybridized carbons (Fsp3) is 0.267. The lowest BCUT2D eigenvalue weighted by molar-refractivity contribution is 0.0599. The van der Waals surface area contributed by atoms with E-state index in [9.17, 15) is 14.3 Å². The minimum atomic E-state index is -1.27. The predicted octanol–water partition coefficient (Wildman–Crippen LogP) is 3.22. The standard InChI is InChI=1S/C15H17FN2O2S/c1-10-3-8-13(21-10)18-14(19)17-9-15(2,20)11-4-6-12(16)7-5-11/h3-8,20H,9H2,1-2H3,(H2,17,18,19). The molecule has 0 radical (unpaired) electrons. The van der Waals surface area contributed by atoms with Gasteiger partial charge < -0.3 is 10.4 Å². The van der Waals surface area contributed by atoms with Crippen LogP contribution in [0.15, 0.2) is 36.4 Å². The molecule has 0 aliphatic carbocycles. The number of nitrogens with one attached hydrogen (secondary N) is 2. The average Bonchev–Trinajstić information content (AvgIpc) is 2.82. The van der Waals surface area contributed by atoms with Crippen molar-refractivity contribution >= 4 is 22.4 Å². The Hall–Kier alpha value is -1.92. The smallest absolute Gasteiger partial charge is 0.319 e. The number of carbonyl (C=O) groups is 1. The van der Waals surface area contributed by atoms with Gasteiger partial charge in [0.2, 0.25) is 0 Å². The summed E-state index contributed by atoms with van der Waals surface area (Å²) in [6.45, 7) is 3.54. The van der Waals surface area contributed by atoms with E-state index >= 15 is 0 Å². The molecule has 2 aromatic rings. The maximum atomic E-state index is 12.9. The first kappa shape index (κ1) is 15.5. The van der Waals surface area contributed by atoms with Crippen molar-refractivity contribution in [2.45, 2.75) is 19.4 Å². The molecule has 0 bridgehead atoms. The van der Waals surface area contributed by atoms with Gasteiger partial charge in [-0.05, 0) is 43.7 Å². The van der Waals surface area contributed by atoms with Crippen molar-refractivity contribution in [1.82, 2.24) is 5.32 Å². The van der Waals surface area contributed by atoms with Crippen LogP contribution in [0.2, 0.25) is 0 Å².